The molecule has 1 N–H and O–H groups in total. The van der Waals surface area contributed by atoms with Gasteiger partial charge in [-0.1, -0.05) is 0 Å². The molecule has 4 nitrogen and oxygen atoms in total. The SMILES string of the molecule is O=C(CC1CCCO1)Nc1ccc(Br)nc1. The van der Waals surface area contributed by atoms with Crippen molar-refractivity contribution in [2.75, 3.05) is 11.9 Å². The first-order chi connectivity index (χ1) is 7.74. The van der Waals surface area contributed by atoms with Crippen LogP contribution >= 0.6 is 15.9 Å². The summed E-state index contributed by atoms with van der Waals surface area (Å²) in [7, 11) is 0. The molecule has 1 amide bonds. The minimum atomic E-state index is -0.0176. The van der Waals surface area contributed by atoms with Gasteiger partial charge in [0.25, 0.3) is 0 Å². The average Bonchev–Trinajstić information content (AvgIpc) is 2.74. The molecule has 2 rings (SSSR count). The highest BCUT2D eigenvalue weighted by atomic mass is 79.9. The fourth-order valence-corrected chi connectivity index (χ4v) is 1.91. The molecule has 0 bridgehead atoms. The molecule has 1 aromatic heterocycles. The van der Waals surface area contributed by atoms with E-state index in [1.54, 1.807) is 12.3 Å². The van der Waals surface area contributed by atoms with Gasteiger partial charge < -0.3 is 10.1 Å². The summed E-state index contributed by atoms with van der Waals surface area (Å²) in [4.78, 5) is 15.7. The van der Waals surface area contributed by atoms with Crippen molar-refractivity contribution in [1.82, 2.24) is 4.98 Å². The van der Waals surface area contributed by atoms with Crippen LogP contribution in [0.2, 0.25) is 0 Å². The van der Waals surface area contributed by atoms with E-state index in [0.29, 0.717) is 12.1 Å². The molecule has 1 fully saturated rings. The Kier molecular flexibility index (Phi) is 3.90. The molecular weight excluding hydrogens is 272 g/mol. The zero-order valence-electron chi connectivity index (χ0n) is 8.78. The number of aromatic nitrogens is 1. The molecular formula is C11H13BrN2O2. The van der Waals surface area contributed by atoms with Crippen LogP contribution in [0.25, 0.3) is 0 Å². The summed E-state index contributed by atoms with van der Waals surface area (Å²) in [5.41, 5.74) is 0.714. The largest absolute Gasteiger partial charge is 0.378 e. The molecule has 16 heavy (non-hydrogen) atoms. The number of carbonyl (C=O) groups excluding carboxylic acids is 1. The summed E-state index contributed by atoms with van der Waals surface area (Å²) in [5, 5.41) is 2.79. The van der Waals surface area contributed by atoms with Gasteiger partial charge in [0.2, 0.25) is 5.91 Å². The lowest BCUT2D eigenvalue weighted by atomic mass is 10.2. The lowest BCUT2D eigenvalue weighted by Gasteiger charge is -2.09. The average molecular weight is 285 g/mol. The Morgan fingerprint density at radius 3 is 3.12 bits per heavy atom. The van der Waals surface area contributed by atoms with Gasteiger partial charge in [0.05, 0.1) is 24.4 Å². The fourth-order valence-electron chi connectivity index (χ4n) is 1.67. The molecule has 0 aliphatic carbocycles. The number of halogens is 1. The minimum Gasteiger partial charge on any atom is -0.378 e. The number of hydrogen-bond donors (Lipinski definition) is 1. The Bertz CT molecular complexity index is 361. The second-order valence-electron chi connectivity index (χ2n) is 3.76. The summed E-state index contributed by atoms with van der Waals surface area (Å²) in [5.74, 6) is -0.0176. The fraction of sp³-hybridized carbons (Fsp3) is 0.455. The molecule has 1 aromatic rings. The molecule has 1 atom stereocenters. The summed E-state index contributed by atoms with van der Waals surface area (Å²) in [6, 6.07) is 3.60. The van der Waals surface area contributed by atoms with Gasteiger partial charge in [-0.2, -0.15) is 0 Å². The molecule has 2 heterocycles. The van der Waals surface area contributed by atoms with E-state index in [-0.39, 0.29) is 12.0 Å². The number of rotatable bonds is 3. The van der Waals surface area contributed by atoms with Gasteiger partial charge in [-0.05, 0) is 40.9 Å². The van der Waals surface area contributed by atoms with E-state index in [2.05, 4.69) is 26.2 Å². The second-order valence-corrected chi connectivity index (χ2v) is 4.57. The third-order valence-electron chi connectivity index (χ3n) is 2.45. The quantitative estimate of drug-likeness (QED) is 0.867. The van der Waals surface area contributed by atoms with Crippen molar-refractivity contribution in [1.29, 1.82) is 0 Å². The van der Waals surface area contributed by atoms with E-state index in [0.717, 1.165) is 24.1 Å². The Morgan fingerprint density at radius 1 is 1.62 bits per heavy atom. The molecule has 1 unspecified atom stereocenters. The van der Waals surface area contributed by atoms with E-state index < -0.39 is 0 Å². The van der Waals surface area contributed by atoms with Crippen LogP contribution in [0, 0.1) is 0 Å². The maximum Gasteiger partial charge on any atom is 0.227 e. The summed E-state index contributed by atoms with van der Waals surface area (Å²) < 4.78 is 6.15. The van der Waals surface area contributed by atoms with Gasteiger partial charge in [-0.3, -0.25) is 4.79 Å². The third kappa shape index (κ3) is 3.28. The van der Waals surface area contributed by atoms with Crippen LogP contribution < -0.4 is 5.32 Å². The highest BCUT2D eigenvalue weighted by Crippen LogP contribution is 2.16. The van der Waals surface area contributed by atoms with Crippen molar-refractivity contribution in [3.63, 3.8) is 0 Å². The van der Waals surface area contributed by atoms with Crippen LogP contribution in [0.1, 0.15) is 19.3 Å². The number of pyridine rings is 1. The zero-order valence-corrected chi connectivity index (χ0v) is 10.4. The smallest absolute Gasteiger partial charge is 0.227 e. The molecule has 0 saturated carbocycles. The van der Waals surface area contributed by atoms with Crippen molar-refractivity contribution in [3.05, 3.63) is 22.9 Å². The van der Waals surface area contributed by atoms with Crippen LogP contribution in [0.3, 0.4) is 0 Å². The number of ether oxygens (including phenoxy) is 1. The third-order valence-corrected chi connectivity index (χ3v) is 2.92. The minimum absolute atomic E-state index is 0.0176. The maximum atomic E-state index is 11.6. The Labute approximate surface area is 103 Å². The van der Waals surface area contributed by atoms with Crippen molar-refractivity contribution in [2.24, 2.45) is 0 Å². The number of hydrogen-bond acceptors (Lipinski definition) is 3. The molecule has 0 spiro atoms. The van der Waals surface area contributed by atoms with Gasteiger partial charge in [0.1, 0.15) is 4.60 Å². The van der Waals surface area contributed by atoms with Crippen molar-refractivity contribution < 1.29 is 9.53 Å². The second kappa shape index (κ2) is 5.41. The van der Waals surface area contributed by atoms with Gasteiger partial charge >= 0.3 is 0 Å². The van der Waals surface area contributed by atoms with Crippen LogP contribution in [0.15, 0.2) is 22.9 Å². The van der Waals surface area contributed by atoms with E-state index in [1.807, 2.05) is 6.07 Å². The highest BCUT2D eigenvalue weighted by molar-refractivity contribution is 9.10. The predicted octanol–water partition coefficient (Wildman–Crippen LogP) is 2.35. The van der Waals surface area contributed by atoms with Gasteiger partial charge in [-0.25, -0.2) is 4.98 Å². The van der Waals surface area contributed by atoms with Gasteiger partial charge in [0, 0.05) is 6.61 Å². The molecule has 0 aromatic carbocycles. The molecule has 1 saturated heterocycles. The number of nitrogens with zero attached hydrogens (tertiary/aromatic N) is 1. The van der Waals surface area contributed by atoms with E-state index >= 15 is 0 Å². The summed E-state index contributed by atoms with van der Waals surface area (Å²) in [6.45, 7) is 0.776. The normalized spacial score (nSPS) is 19.7. The van der Waals surface area contributed by atoms with E-state index in [4.69, 9.17) is 4.74 Å². The number of amides is 1. The molecule has 1 aliphatic heterocycles. The standard InChI is InChI=1S/C11H13BrN2O2/c12-10-4-3-8(7-13-10)14-11(15)6-9-2-1-5-16-9/h3-4,7,9H,1-2,5-6H2,(H,14,15). The van der Waals surface area contributed by atoms with E-state index in [9.17, 15) is 4.79 Å². The first kappa shape index (κ1) is 11.5. The first-order valence-electron chi connectivity index (χ1n) is 5.27. The highest BCUT2D eigenvalue weighted by Gasteiger charge is 2.18. The lowest BCUT2D eigenvalue weighted by Crippen LogP contribution is -2.19. The van der Waals surface area contributed by atoms with Crippen molar-refractivity contribution >= 4 is 27.5 Å². The lowest BCUT2D eigenvalue weighted by molar-refractivity contribution is -0.118. The molecule has 1 aliphatic rings. The Balaban J connectivity index is 1.84. The summed E-state index contributed by atoms with van der Waals surface area (Å²) in [6.07, 6.45) is 4.17. The zero-order chi connectivity index (χ0) is 11.4. The van der Waals surface area contributed by atoms with Crippen LogP contribution in [-0.4, -0.2) is 23.6 Å². The number of anilines is 1. The number of carbonyl (C=O) groups is 1. The molecule has 86 valence electrons. The van der Waals surface area contributed by atoms with Crippen LogP contribution in [0.5, 0.6) is 0 Å². The topological polar surface area (TPSA) is 51.2 Å². The van der Waals surface area contributed by atoms with Gasteiger partial charge in [0.15, 0.2) is 0 Å². The predicted molar refractivity (Wildman–Crippen MR) is 64.2 cm³/mol. The molecule has 0 radical (unpaired) electrons. The van der Waals surface area contributed by atoms with Crippen molar-refractivity contribution in [3.8, 4) is 0 Å². The van der Waals surface area contributed by atoms with E-state index in [1.165, 1.54) is 0 Å². The maximum absolute atomic E-state index is 11.6. The summed E-state index contributed by atoms with van der Waals surface area (Å²) >= 11 is 3.24. The Morgan fingerprint density at radius 2 is 2.50 bits per heavy atom. The first-order valence-corrected chi connectivity index (χ1v) is 6.06. The van der Waals surface area contributed by atoms with Crippen LogP contribution in [0.4, 0.5) is 5.69 Å². The number of nitrogens with one attached hydrogen (secondary N) is 1. The van der Waals surface area contributed by atoms with Gasteiger partial charge in [-0.15, -0.1) is 0 Å². The monoisotopic (exact) mass is 284 g/mol. The van der Waals surface area contributed by atoms with Crippen molar-refractivity contribution in [2.45, 2.75) is 25.4 Å². The van der Waals surface area contributed by atoms with Crippen LogP contribution in [-0.2, 0) is 9.53 Å². The molecule has 5 heteroatoms. The Hall–Kier alpha value is -0.940.